The molecule has 3 heterocycles. The first-order valence-electron chi connectivity index (χ1n) is 8.17. The Morgan fingerprint density at radius 2 is 1.96 bits per heavy atom. The molecular formula is C19H19FN4. The SMILES string of the molecule is CC1=CC=CC([C@H]2C[C@@H]2c2ncc(F)cn2)N1c1ccncc1C. The maximum absolute atomic E-state index is 13.0. The van der Waals surface area contributed by atoms with E-state index in [1.54, 1.807) is 0 Å². The summed E-state index contributed by atoms with van der Waals surface area (Å²) in [7, 11) is 0. The third-order valence-corrected chi connectivity index (χ3v) is 4.82. The number of hydrogen-bond acceptors (Lipinski definition) is 4. The molecule has 5 heteroatoms. The first-order valence-corrected chi connectivity index (χ1v) is 8.17. The number of anilines is 1. The number of aryl methyl sites for hydroxylation is 1. The van der Waals surface area contributed by atoms with Crippen LogP contribution >= 0.6 is 0 Å². The fourth-order valence-electron chi connectivity index (χ4n) is 3.53. The number of allylic oxidation sites excluding steroid dienone is 3. The zero-order chi connectivity index (χ0) is 16.7. The summed E-state index contributed by atoms with van der Waals surface area (Å²) < 4.78 is 13.0. The number of aromatic nitrogens is 3. The normalized spacial score (nSPS) is 25.5. The summed E-state index contributed by atoms with van der Waals surface area (Å²) in [5.41, 5.74) is 3.54. The molecule has 0 amide bonds. The van der Waals surface area contributed by atoms with E-state index in [0.717, 1.165) is 17.8 Å². The molecule has 3 atom stereocenters. The molecule has 4 rings (SSSR count). The summed E-state index contributed by atoms with van der Waals surface area (Å²) in [6.07, 6.45) is 13.7. The Balaban J connectivity index is 1.62. The van der Waals surface area contributed by atoms with Gasteiger partial charge in [-0.25, -0.2) is 14.4 Å². The van der Waals surface area contributed by atoms with Crippen LogP contribution in [0.25, 0.3) is 0 Å². The summed E-state index contributed by atoms with van der Waals surface area (Å²) in [6.45, 7) is 4.21. The van der Waals surface area contributed by atoms with Gasteiger partial charge in [0, 0.05) is 29.7 Å². The van der Waals surface area contributed by atoms with Gasteiger partial charge >= 0.3 is 0 Å². The van der Waals surface area contributed by atoms with Crippen LogP contribution in [0.15, 0.2) is 54.8 Å². The molecule has 1 unspecified atom stereocenters. The van der Waals surface area contributed by atoms with E-state index in [4.69, 9.17) is 0 Å². The van der Waals surface area contributed by atoms with Gasteiger partial charge in [0.1, 0.15) is 5.82 Å². The van der Waals surface area contributed by atoms with Crippen LogP contribution < -0.4 is 4.90 Å². The number of pyridine rings is 1. The van der Waals surface area contributed by atoms with Crippen molar-refractivity contribution in [2.45, 2.75) is 32.2 Å². The molecule has 1 saturated carbocycles. The highest BCUT2D eigenvalue weighted by atomic mass is 19.1. The van der Waals surface area contributed by atoms with E-state index in [-0.39, 0.29) is 17.8 Å². The van der Waals surface area contributed by atoms with Gasteiger partial charge in [0.2, 0.25) is 0 Å². The fourth-order valence-corrected chi connectivity index (χ4v) is 3.53. The molecule has 2 aliphatic rings. The van der Waals surface area contributed by atoms with Crippen LogP contribution in [-0.4, -0.2) is 21.0 Å². The molecule has 0 radical (unpaired) electrons. The minimum absolute atomic E-state index is 0.259. The van der Waals surface area contributed by atoms with Crippen molar-refractivity contribution in [3.8, 4) is 0 Å². The molecule has 0 saturated heterocycles. The monoisotopic (exact) mass is 322 g/mol. The lowest BCUT2D eigenvalue weighted by Gasteiger charge is -2.36. The van der Waals surface area contributed by atoms with Gasteiger partial charge in [0.15, 0.2) is 5.82 Å². The van der Waals surface area contributed by atoms with E-state index in [9.17, 15) is 4.39 Å². The largest absolute Gasteiger partial charge is 0.338 e. The number of nitrogens with zero attached hydrogens (tertiary/aromatic N) is 4. The molecule has 0 spiro atoms. The second-order valence-corrected chi connectivity index (χ2v) is 6.48. The smallest absolute Gasteiger partial charge is 0.159 e. The molecule has 122 valence electrons. The zero-order valence-corrected chi connectivity index (χ0v) is 13.7. The average molecular weight is 322 g/mol. The second-order valence-electron chi connectivity index (χ2n) is 6.48. The molecule has 1 fully saturated rings. The summed E-state index contributed by atoms with van der Waals surface area (Å²) in [5, 5.41) is 0. The fraction of sp³-hybridized carbons (Fsp3) is 0.316. The summed E-state index contributed by atoms with van der Waals surface area (Å²) in [4.78, 5) is 14.9. The van der Waals surface area contributed by atoms with Crippen LogP contribution in [0, 0.1) is 18.7 Å². The first-order chi connectivity index (χ1) is 11.6. The number of hydrogen-bond donors (Lipinski definition) is 0. The zero-order valence-electron chi connectivity index (χ0n) is 13.7. The van der Waals surface area contributed by atoms with E-state index < -0.39 is 0 Å². The molecular weight excluding hydrogens is 303 g/mol. The summed E-state index contributed by atoms with van der Waals surface area (Å²) in [6, 6.07) is 2.32. The molecule has 2 aromatic rings. The van der Waals surface area contributed by atoms with Gasteiger partial charge < -0.3 is 4.90 Å². The lowest BCUT2D eigenvalue weighted by molar-refractivity contribution is 0.600. The summed E-state index contributed by atoms with van der Waals surface area (Å²) in [5.74, 6) is 1.08. The van der Waals surface area contributed by atoms with Crippen molar-refractivity contribution in [3.05, 3.63) is 72.0 Å². The van der Waals surface area contributed by atoms with Gasteiger partial charge in [-0.2, -0.15) is 0 Å². The van der Waals surface area contributed by atoms with Crippen LogP contribution in [0.5, 0.6) is 0 Å². The second kappa shape index (κ2) is 5.82. The molecule has 1 aliphatic heterocycles. The van der Waals surface area contributed by atoms with E-state index in [0.29, 0.717) is 5.92 Å². The average Bonchev–Trinajstić information content (AvgIpc) is 3.37. The number of halogens is 1. The third kappa shape index (κ3) is 2.60. The predicted octanol–water partition coefficient (Wildman–Crippen LogP) is 3.77. The van der Waals surface area contributed by atoms with Crippen LogP contribution in [-0.2, 0) is 0 Å². The van der Waals surface area contributed by atoms with Crippen molar-refractivity contribution in [2.75, 3.05) is 4.90 Å². The molecule has 24 heavy (non-hydrogen) atoms. The topological polar surface area (TPSA) is 41.9 Å². The highest BCUT2D eigenvalue weighted by Gasteiger charge is 2.47. The van der Waals surface area contributed by atoms with Gasteiger partial charge in [-0.05, 0) is 43.9 Å². The van der Waals surface area contributed by atoms with Gasteiger partial charge in [0.25, 0.3) is 0 Å². The lowest BCUT2D eigenvalue weighted by atomic mass is 10.0. The van der Waals surface area contributed by atoms with Crippen molar-refractivity contribution in [1.82, 2.24) is 15.0 Å². The lowest BCUT2D eigenvalue weighted by Crippen LogP contribution is -2.36. The van der Waals surface area contributed by atoms with E-state index in [2.05, 4.69) is 58.0 Å². The molecule has 0 bridgehead atoms. The summed E-state index contributed by atoms with van der Waals surface area (Å²) >= 11 is 0. The van der Waals surface area contributed by atoms with Crippen molar-refractivity contribution in [3.63, 3.8) is 0 Å². The van der Waals surface area contributed by atoms with Crippen molar-refractivity contribution < 1.29 is 4.39 Å². The van der Waals surface area contributed by atoms with Crippen molar-refractivity contribution in [2.24, 2.45) is 5.92 Å². The van der Waals surface area contributed by atoms with E-state index >= 15 is 0 Å². The Bertz CT molecular complexity index is 812. The minimum Gasteiger partial charge on any atom is -0.338 e. The molecule has 1 aliphatic carbocycles. The minimum atomic E-state index is -0.388. The Morgan fingerprint density at radius 1 is 1.17 bits per heavy atom. The Labute approximate surface area is 140 Å². The molecule has 0 aromatic carbocycles. The third-order valence-electron chi connectivity index (χ3n) is 4.82. The maximum Gasteiger partial charge on any atom is 0.159 e. The quantitative estimate of drug-likeness (QED) is 0.862. The van der Waals surface area contributed by atoms with Gasteiger partial charge in [-0.1, -0.05) is 12.2 Å². The van der Waals surface area contributed by atoms with E-state index in [1.165, 1.54) is 23.8 Å². The Kier molecular flexibility index (Phi) is 3.63. The van der Waals surface area contributed by atoms with E-state index in [1.807, 2.05) is 12.4 Å². The maximum atomic E-state index is 13.0. The van der Waals surface area contributed by atoms with Gasteiger partial charge in [-0.3, -0.25) is 4.98 Å². The van der Waals surface area contributed by atoms with Crippen LogP contribution in [0.3, 0.4) is 0 Å². The van der Waals surface area contributed by atoms with Crippen molar-refractivity contribution >= 4 is 5.69 Å². The van der Waals surface area contributed by atoms with Crippen LogP contribution in [0.4, 0.5) is 10.1 Å². The van der Waals surface area contributed by atoms with Gasteiger partial charge in [0.05, 0.1) is 18.4 Å². The standard InChI is InChI=1S/C19H19FN4/c1-12-9-21-7-6-17(12)24-13(2)4-3-5-18(24)15-8-16(15)19-22-10-14(20)11-23-19/h3-7,9-11,15-16,18H,8H2,1-2H3/t15-,16-,18?/m0/s1. The highest BCUT2D eigenvalue weighted by molar-refractivity contribution is 5.60. The highest BCUT2D eigenvalue weighted by Crippen LogP contribution is 2.51. The molecule has 2 aromatic heterocycles. The molecule has 0 N–H and O–H groups in total. The van der Waals surface area contributed by atoms with Crippen LogP contribution in [0.2, 0.25) is 0 Å². The Hall–Kier alpha value is -2.56. The number of rotatable bonds is 3. The molecule has 4 nitrogen and oxygen atoms in total. The predicted molar refractivity (Wildman–Crippen MR) is 91.0 cm³/mol. The van der Waals surface area contributed by atoms with Crippen LogP contribution in [0.1, 0.15) is 30.7 Å². The van der Waals surface area contributed by atoms with Gasteiger partial charge in [-0.15, -0.1) is 0 Å². The Morgan fingerprint density at radius 3 is 2.71 bits per heavy atom. The first kappa shape index (κ1) is 15.0. The van der Waals surface area contributed by atoms with Crippen molar-refractivity contribution in [1.29, 1.82) is 0 Å².